The van der Waals surface area contributed by atoms with Crippen molar-refractivity contribution in [2.75, 3.05) is 18.5 Å². The molecule has 1 aliphatic carbocycles. The lowest BCUT2D eigenvalue weighted by Crippen LogP contribution is -2.43. The van der Waals surface area contributed by atoms with Crippen LogP contribution in [0.3, 0.4) is 0 Å². The highest BCUT2D eigenvalue weighted by molar-refractivity contribution is 9.10. The lowest BCUT2D eigenvalue weighted by atomic mass is 9.83. The van der Waals surface area contributed by atoms with E-state index in [4.69, 9.17) is 5.73 Å². The van der Waals surface area contributed by atoms with Crippen LogP contribution in [-0.2, 0) is 0 Å². The van der Waals surface area contributed by atoms with E-state index >= 15 is 0 Å². The summed E-state index contributed by atoms with van der Waals surface area (Å²) in [7, 11) is 1.94. The fourth-order valence-electron chi connectivity index (χ4n) is 3.09. The molecular formula is C14H20BrN3O2. The lowest BCUT2D eigenvalue weighted by molar-refractivity contribution is -0.384. The van der Waals surface area contributed by atoms with E-state index < -0.39 is 0 Å². The van der Waals surface area contributed by atoms with Crippen molar-refractivity contribution in [3.05, 3.63) is 32.8 Å². The summed E-state index contributed by atoms with van der Waals surface area (Å²) in [5, 5.41) is 11.2. The zero-order valence-electron chi connectivity index (χ0n) is 11.6. The molecule has 2 atom stereocenters. The number of anilines is 1. The first-order valence-corrected chi connectivity index (χ1v) is 7.70. The Kier molecular flexibility index (Phi) is 4.99. The minimum absolute atomic E-state index is 0.142. The van der Waals surface area contributed by atoms with Crippen LogP contribution in [0.1, 0.15) is 25.7 Å². The number of rotatable bonds is 4. The zero-order valence-corrected chi connectivity index (χ0v) is 13.2. The van der Waals surface area contributed by atoms with Gasteiger partial charge in [0, 0.05) is 23.6 Å². The number of hydrogen-bond acceptors (Lipinski definition) is 4. The van der Waals surface area contributed by atoms with Crippen molar-refractivity contribution >= 4 is 27.3 Å². The van der Waals surface area contributed by atoms with Gasteiger partial charge in [0.05, 0.1) is 4.92 Å². The third kappa shape index (κ3) is 3.12. The fourth-order valence-corrected chi connectivity index (χ4v) is 3.44. The molecule has 2 N–H and O–H groups in total. The van der Waals surface area contributed by atoms with Gasteiger partial charge in [-0.25, -0.2) is 0 Å². The van der Waals surface area contributed by atoms with E-state index in [2.05, 4.69) is 15.9 Å². The lowest BCUT2D eigenvalue weighted by Gasteiger charge is -2.38. The highest BCUT2D eigenvalue weighted by atomic mass is 79.9. The molecule has 1 aliphatic rings. The van der Waals surface area contributed by atoms with Gasteiger partial charge in [-0.2, -0.15) is 0 Å². The number of nitro groups is 1. The van der Waals surface area contributed by atoms with E-state index in [1.165, 1.54) is 6.42 Å². The maximum absolute atomic E-state index is 11.2. The van der Waals surface area contributed by atoms with Gasteiger partial charge in [-0.05, 0) is 37.4 Å². The number of halogens is 1. The monoisotopic (exact) mass is 341 g/mol. The second-order valence-corrected chi connectivity index (χ2v) is 6.26. The van der Waals surface area contributed by atoms with Crippen molar-refractivity contribution in [1.29, 1.82) is 0 Å². The van der Waals surface area contributed by atoms with Crippen molar-refractivity contribution in [3.63, 3.8) is 0 Å². The minimum atomic E-state index is -0.323. The van der Waals surface area contributed by atoms with Gasteiger partial charge in [0.25, 0.3) is 5.69 Å². The van der Waals surface area contributed by atoms with Gasteiger partial charge in [-0.1, -0.05) is 28.8 Å². The molecule has 0 aliphatic heterocycles. The topological polar surface area (TPSA) is 72.4 Å². The number of nitrogens with zero attached hydrogens (tertiary/aromatic N) is 2. The molecule has 1 aromatic carbocycles. The van der Waals surface area contributed by atoms with Crippen LogP contribution in [0.2, 0.25) is 0 Å². The van der Waals surface area contributed by atoms with Crippen LogP contribution in [0, 0.1) is 16.0 Å². The Labute approximate surface area is 127 Å². The first-order valence-electron chi connectivity index (χ1n) is 6.91. The Bertz CT molecular complexity index is 495. The van der Waals surface area contributed by atoms with Gasteiger partial charge in [0.2, 0.25) is 0 Å². The molecule has 6 heteroatoms. The summed E-state index contributed by atoms with van der Waals surface area (Å²) in [5.41, 5.74) is 6.68. The number of hydrogen-bond donors (Lipinski definition) is 1. The van der Waals surface area contributed by atoms with Gasteiger partial charge < -0.3 is 10.6 Å². The van der Waals surface area contributed by atoms with Gasteiger partial charge in [-0.3, -0.25) is 10.1 Å². The van der Waals surface area contributed by atoms with Gasteiger partial charge >= 0.3 is 0 Å². The first kappa shape index (κ1) is 15.3. The van der Waals surface area contributed by atoms with Crippen LogP contribution < -0.4 is 10.6 Å². The standard InChI is InChI=1S/C14H20BrN3O2/c1-17(12-5-3-2-4-10(12)9-16)13-7-6-11(15)8-14(13)18(19)20/h6-8,10,12H,2-5,9,16H2,1H3. The average molecular weight is 342 g/mol. The second kappa shape index (κ2) is 6.54. The van der Waals surface area contributed by atoms with Crippen molar-refractivity contribution in [1.82, 2.24) is 0 Å². The van der Waals surface area contributed by atoms with Crippen LogP contribution in [0.4, 0.5) is 11.4 Å². The van der Waals surface area contributed by atoms with Crippen LogP contribution in [0.25, 0.3) is 0 Å². The average Bonchev–Trinajstić information content (AvgIpc) is 2.46. The molecule has 20 heavy (non-hydrogen) atoms. The van der Waals surface area contributed by atoms with Crippen LogP contribution >= 0.6 is 15.9 Å². The molecule has 0 amide bonds. The maximum atomic E-state index is 11.2. The predicted molar refractivity (Wildman–Crippen MR) is 84.0 cm³/mol. The summed E-state index contributed by atoms with van der Waals surface area (Å²) < 4.78 is 0.723. The maximum Gasteiger partial charge on any atom is 0.293 e. The molecule has 0 aromatic heterocycles. The molecule has 1 saturated carbocycles. The van der Waals surface area contributed by atoms with Crippen LogP contribution in [-0.4, -0.2) is 24.6 Å². The fraction of sp³-hybridized carbons (Fsp3) is 0.571. The van der Waals surface area contributed by atoms with E-state index in [0.29, 0.717) is 18.2 Å². The molecule has 0 radical (unpaired) electrons. The summed E-state index contributed by atoms with van der Waals surface area (Å²) in [6.45, 7) is 0.638. The van der Waals surface area contributed by atoms with Crippen molar-refractivity contribution in [3.8, 4) is 0 Å². The zero-order chi connectivity index (χ0) is 14.7. The largest absolute Gasteiger partial charge is 0.366 e. The molecule has 2 rings (SSSR count). The Balaban J connectivity index is 2.32. The van der Waals surface area contributed by atoms with E-state index in [1.807, 2.05) is 24.1 Å². The van der Waals surface area contributed by atoms with E-state index in [9.17, 15) is 10.1 Å². The summed E-state index contributed by atoms with van der Waals surface area (Å²) in [6.07, 6.45) is 4.52. The van der Waals surface area contributed by atoms with Gasteiger partial charge in [-0.15, -0.1) is 0 Å². The van der Waals surface area contributed by atoms with Crippen LogP contribution in [0.15, 0.2) is 22.7 Å². The minimum Gasteiger partial charge on any atom is -0.366 e. The second-order valence-electron chi connectivity index (χ2n) is 5.35. The molecule has 0 spiro atoms. The Morgan fingerprint density at radius 2 is 2.15 bits per heavy atom. The molecule has 0 saturated heterocycles. The van der Waals surface area contributed by atoms with Crippen molar-refractivity contribution in [2.24, 2.45) is 11.7 Å². The summed E-state index contributed by atoms with van der Waals surface area (Å²) >= 11 is 3.29. The SMILES string of the molecule is CN(c1ccc(Br)cc1[N+](=O)[O-])C1CCCCC1CN. The summed E-state index contributed by atoms with van der Waals surface area (Å²) in [6, 6.07) is 5.50. The number of benzene rings is 1. The molecule has 5 nitrogen and oxygen atoms in total. The number of nitrogens with two attached hydrogens (primary N) is 1. The van der Waals surface area contributed by atoms with E-state index in [0.717, 1.165) is 23.7 Å². The molecule has 0 bridgehead atoms. The van der Waals surface area contributed by atoms with Gasteiger partial charge in [0.15, 0.2) is 0 Å². The smallest absolute Gasteiger partial charge is 0.293 e. The summed E-state index contributed by atoms with van der Waals surface area (Å²) in [5.74, 6) is 0.414. The van der Waals surface area contributed by atoms with Crippen LogP contribution in [0.5, 0.6) is 0 Å². The molecule has 1 fully saturated rings. The third-order valence-corrected chi connectivity index (χ3v) is 4.68. The van der Waals surface area contributed by atoms with Gasteiger partial charge in [0.1, 0.15) is 5.69 Å². The van der Waals surface area contributed by atoms with E-state index in [-0.39, 0.29) is 16.7 Å². The third-order valence-electron chi connectivity index (χ3n) is 4.18. The molecule has 1 aromatic rings. The van der Waals surface area contributed by atoms with Crippen molar-refractivity contribution < 1.29 is 4.92 Å². The molecule has 110 valence electrons. The quantitative estimate of drug-likeness (QED) is 0.673. The highest BCUT2D eigenvalue weighted by Crippen LogP contribution is 2.36. The van der Waals surface area contributed by atoms with E-state index in [1.54, 1.807) is 6.07 Å². The Hall–Kier alpha value is -1.14. The van der Waals surface area contributed by atoms with Crippen molar-refractivity contribution in [2.45, 2.75) is 31.7 Å². The molecule has 0 heterocycles. The Morgan fingerprint density at radius 3 is 2.80 bits per heavy atom. The molecular weight excluding hydrogens is 322 g/mol. The summed E-state index contributed by atoms with van der Waals surface area (Å²) in [4.78, 5) is 13.0. The normalized spacial score (nSPS) is 22.6. The highest BCUT2D eigenvalue weighted by Gasteiger charge is 2.30. The first-order chi connectivity index (χ1) is 9.54. The molecule has 2 unspecified atom stereocenters. The predicted octanol–water partition coefficient (Wildman–Crippen LogP) is 3.31. The number of nitro benzene ring substituents is 1. The Morgan fingerprint density at radius 1 is 1.45 bits per heavy atom.